The standard InChI is InChI=1S/C21H24ClN3OS2/c22-19-10-9-16(27-19)15-24-11-13-25(14-12-24)21(26)8-4-3-7-20-23-17-5-1-2-6-18(17)28-20/h1-2,5-6,9-10H,3-4,7-8,11-15H2. The molecule has 1 saturated heterocycles. The van der Waals surface area contributed by atoms with Gasteiger partial charge in [-0.05, 0) is 43.5 Å². The molecule has 148 valence electrons. The van der Waals surface area contributed by atoms with Crippen molar-refractivity contribution < 1.29 is 4.79 Å². The molecule has 0 radical (unpaired) electrons. The van der Waals surface area contributed by atoms with Crippen LogP contribution in [-0.4, -0.2) is 46.9 Å². The Labute approximate surface area is 178 Å². The number of halogens is 1. The minimum atomic E-state index is 0.295. The SMILES string of the molecule is O=C(CCCCc1nc2ccccc2s1)N1CCN(Cc2ccc(Cl)s2)CC1. The Kier molecular flexibility index (Phi) is 6.62. The highest BCUT2D eigenvalue weighted by Gasteiger charge is 2.21. The molecule has 3 heterocycles. The summed E-state index contributed by atoms with van der Waals surface area (Å²) >= 11 is 9.41. The maximum atomic E-state index is 12.5. The van der Waals surface area contributed by atoms with Crippen LogP contribution in [0.4, 0.5) is 0 Å². The molecule has 1 amide bonds. The summed E-state index contributed by atoms with van der Waals surface area (Å²) in [6.07, 6.45) is 3.56. The van der Waals surface area contributed by atoms with Crippen molar-refractivity contribution in [3.63, 3.8) is 0 Å². The fraction of sp³-hybridized carbons (Fsp3) is 0.429. The van der Waals surface area contributed by atoms with Gasteiger partial charge >= 0.3 is 0 Å². The second-order valence-electron chi connectivity index (χ2n) is 7.15. The average molecular weight is 434 g/mol. The number of hydrogen-bond acceptors (Lipinski definition) is 5. The smallest absolute Gasteiger partial charge is 0.222 e. The molecule has 0 N–H and O–H groups in total. The van der Waals surface area contributed by atoms with Crippen LogP contribution in [0, 0.1) is 0 Å². The van der Waals surface area contributed by atoms with Crippen LogP contribution in [0.1, 0.15) is 29.1 Å². The minimum absolute atomic E-state index is 0.295. The predicted octanol–water partition coefficient (Wildman–Crippen LogP) is 5.07. The van der Waals surface area contributed by atoms with Crippen molar-refractivity contribution in [1.82, 2.24) is 14.8 Å². The molecule has 0 saturated carbocycles. The Hall–Kier alpha value is -1.47. The van der Waals surface area contributed by atoms with E-state index in [0.717, 1.165) is 61.8 Å². The van der Waals surface area contributed by atoms with E-state index in [1.807, 2.05) is 17.0 Å². The van der Waals surface area contributed by atoms with Gasteiger partial charge in [-0.25, -0.2) is 4.98 Å². The van der Waals surface area contributed by atoms with E-state index in [-0.39, 0.29) is 0 Å². The molecule has 7 heteroatoms. The summed E-state index contributed by atoms with van der Waals surface area (Å²) in [5, 5.41) is 1.18. The van der Waals surface area contributed by atoms with Crippen molar-refractivity contribution in [2.75, 3.05) is 26.2 Å². The molecule has 2 aromatic heterocycles. The topological polar surface area (TPSA) is 36.4 Å². The molecule has 1 fully saturated rings. The first-order chi connectivity index (χ1) is 13.7. The third-order valence-corrected chi connectivity index (χ3v) is 7.41. The fourth-order valence-corrected chi connectivity index (χ4v) is 5.69. The molecule has 4 rings (SSSR count). The number of para-hydroxylation sites is 1. The number of unbranched alkanes of at least 4 members (excludes halogenated alkanes) is 1. The number of fused-ring (bicyclic) bond motifs is 1. The summed E-state index contributed by atoms with van der Waals surface area (Å²) in [5.41, 5.74) is 1.08. The van der Waals surface area contributed by atoms with Crippen LogP contribution in [0.2, 0.25) is 4.34 Å². The number of nitrogens with zero attached hydrogens (tertiary/aromatic N) is 3. The summed E-state index contributed by atoms with van der Waals surface area (Å²) in [5.74, 6) is 0.295. The van der Waals surface area contributed by atoms with Crippen LogP contribution in [-0.2, 0) is 17.8 Å². The van der Waals surface area contributed by atoms with E-state index >= 15 is 0 Å². The first kappa shape index (κ1) is 19.8. The molecule has 0 aliphatic carbocycles. The van der Waals surface area contributed by atoms with Gasteiger partial charge in [0, 0.05) is 44.0 Å². The average Bonchev–Trinajstić information content (AvgIpc) is 3.31. The number of thiophene rings is 1. The summed E-state index contributed by atoms with van der Waals surface area (Å²) in [6, 6.07) is 12.3. The predicted molar refractivity (Wildman–Crippen MR) is 118 cm³/mol. The molecule has 1 aromatic carbocycles. The normalized spacial score (nSPS) is 15.4. The highest BCUT2D eigenvalue weighted by atomic mass is 35.5. The first-order valence-electron chi connectivity index (χ1n) is 9.76. The summed E-state index contributed by atoms with van der Waals surface area (Å²) in [4.78, 5) is 22.9. The van der Waals surface area contributed by atoms with E-state index in [9.17, 15) is 4.79 Å². The van der Waals surface area contributed by atoms with Crippen molar-refractivity contribution >= 4 is 50.4 Å². The largest absolute Gasteiger partial charge is 0.340 e. The van der Waals surface area contributed by atoms with Gasteiger partial charge in [0.05, 0.1) is 19.6 Å². The van der Waals surface area contributed by atoms with Gasteiger partial charge in [0.2, 0.25) is 5.91 Å². The van der Waals surface area contributed by atoms with Crippen molar-refractivity contribution in [2.45, 2.75) is 32.2 Å². The first-order valence-corrected chi connectivity index (χ1v) is 11.8. The fourth-order valence-electron chi connectivity index (χ4n) is 3.55. The van der Waals surface area contributed by atoms with Crippen molar-refractivity contribution in [3.8, 4) is 0 Å². The molecule has 3 aromatic rings. The summed E-state index contributed by atoms with van der Waals surface area (Å²) in [6.45, 7) is 4.47. The van der Waals surface area contributed by atoms with Gasteiger partial charge in [-0.2, -0.15) is 0 Å². The van der Waals surface area contributed by atoms with Crippen LogP contribution in [0.3, 0.4) is 0 Å². The van der Waals surface area contributed by atoms with Gasteiger partial charge in [-0.3, -0.25) is 9.69 Å². The molecular formula is C21H24ClN3OS2. The van der Waals surface area contributed by atoms with Crippen LogP contribution in [0.25, 0.3) is 10.2 Å². The van der Waals surface area contributed by atoms with Gasteiger partial charge in [-0.1, -0.05) is 23.7 Å². The lowest BCUT2D eigenvalue weighted by Gasteiger charge is -2.34. The second kappa shape index (κ2) is 9.35. The zero-order valence-electron chi connectivity index (χ0n) is 15.8. The van der Waals surface area contributed by atoms with Crippen LogP contribution < -0.4 is 0 Å². The number of rotatable bonds is 7. The highest BCUT2D eigenvalue weighted by Crippen LogP contribution is 2.24. The number of aryl methyl sites for hydroxylation is 1. The van der Waals surface area contributed by atoms with Gasteiger partial charge in [0.1, 0.15) is 0 Å². The van der Waals surface area contributed by atoms with E-state index in [2.05, 4.69) is 34.1 Å². The Bertz CT molecular complexity index is 898. The van der Waals surface area contributed by atoms with Gasteiger partial charge in [0.15, 0.2) is 0 Å². The van der Waals surface area contributed by atoms with Crippen molar-refractivity contribution in [3.05, 3.63) is 50.6 Å². The summed E-state index contributed by atoms with van der Waals surface area (Å²) < 4.78 is 2.09. The number of carbonyl (C=O) groups is 1. The number of thiazole rings is 1. The number of hydrogen-bond donors (Lipinski definition) is 0. The molecule has 0 spiro atoms. The van der Waals surface area contributed by atoms with Gasteiger partial charge in [-0.15, -0.1) is 22.7 Å². The Morgan fingerprint density at radius 3 is 2.61 bits per heavy atom. The number of carbonyl (C=O) groups excluding carboxylic acids is 1. The van der Waals surface area contributed by atoms with Gasteiger partial charge in [0.25, 0.3) is 0 Å². The highest BCUT2D eigenvalue weighted by molar-refractivity contribution is 7.18. The number of aromatic nitrogens is 1. The third kappa shape index (κ3) is 5.11. The molecule has 4 nitrogen and oxygen atoms in total. The van der Waals surface area contributed by atoms with Crippen LogP contribution >= 0.6 is 34.3 Å². The maximum absolute atomic E-state index is 12.5. The lowest BCUT2D eigenvalue weighted by Crippen LogP contribution is -2.48. The van der Waals surface area contributed by atoms with Crippen molar-refractivity contribution in [2.24, 2.45) is 0 Å². The zero-order valence-corrected chi connectivity index (χ0v) is 18.2. The quantitative estimate of drug-likeness (QED) is 0.488. The lowest BCUT2D eigenvalue weighted by molar-refractivity contribution is -0.133. The Morgan fingerprint density at radius 1 is 1.04 bits per heavy atom. The van der Waals surface area contributed by atoms with Crippen LogP contribution in [0.5, 0.6) is 0 Å². The molecule has 0 unspecified atom stereocenters. The Morgan fingerprint density at radius 2 is 1.86 bits per heavy atom. The van der Waals surface area contributed by atoms with E-state index in [1.54, 1.807) is 22.7 Å². The number of amides is 1. The molecule has 1 aliphatic heterocycles. The van der Waals surface area contributed by atoms with E-state index in [0.29, 0.717) is 12.3 Å². The molecule has 28 heavy (non-hydrogen) atoms. The lowest BCUT2D eigenvalue weighted by atomic mass is 10.1. The van der Waals surface area contributed by atoms with E-state index in [1.165, 1.54) is 14.6 Å². The molecule has 0 bridgehead atoms. The van der Waals surface area contributed by atoms with E-state index < -0.39 is 0 Å². The minimum Gasteiger partial charge on any atom is -0.340 e. The molecular weight excluding hydrogens is 410 g/mol. The van der Waals surface area contributed by atoms with Crippen molar-refractivity contribution in [1.29, 1.82) is 0 Å². The monoisotopic (exact) mass is 433 g/mol. The molecule has 1 aliphatic rings. The summed E-state index contributed by atoms with van der Waals surface area (Å²) in [7, 11) is 0. The van der Waals surface area contributed by atoms with Gasteiger partial charge < -0.3 is 4.90 Å². The maximum Gasteiger partial charge on any atom is 0.222 e. The number of piperazine rings is 1. The number of benzene rings is 1. The zero-order chi connectivity index (χ0) is 19.3. The molecule has 0 atom stereocenters. The Balaban J connectivity index is 1.15. The third-order valence-electron chi connectivity index (χ3n) is 5.10. The van der Waals surface area contributed by atoms with E-state index in [4.69, 9.17) is 11.6 Å². The second-order valence-corrected chi connectivity index (χ2v) is 10.1. The van der Waals surface area contributed by atoms with Crippen LogP contribution in [0.15, 0.2) is 36.4 Å².